The molecule has 1 amide bonds. The van der Waals surface area contributed by atoms with Gasteiger partial charge in [0.1, 0.15) is 11.6 Å². The molecule has 0 saturated carbocycles. The monoisotopic (exact) mass is 405 g/mol. The van der Waals surface area contributed by atoms with Crippen LogP contribution in [0.1, 0.15) is 85.8 Å². The fourth-order valence-corrected chi connectivity index (χ4v) is 3.18. The summed E-state index contributed by atoms with van der Waals surface area (Å²) in [5.74, 6) is -0.0588. The van der Waals surface area contributed by atoms with E-state index in [1.165, 1.54) is 5.56 Å². The van der Waals surface area contributed by atoms with Crippen LogP contribution in [0.5, 0.6) is 0 Å². The van der Waals surface area contributed by atoms with Gasteiger partial charge in [-0.3, -0.25) is 0 Å². The molecular weight excluding hydrogens is 366 g/mol. The van der Waals surface area contributed by atoms with Gasteiger partial charge in [-0.25, -0.2) is 9.59 Å². The summed E-state index contributed by atoms with van der Waals surface area (Å²) in [6.45, 7) is 18.2. The molecule has 0 fully saturated rings. The molecule has 0 saturated heterocycles. The number of amides is 1. The molecule has 164 valence electrons. The van der Waals surface area contributed by atoms with Gasteiger partial charge in [-0.15, -0.1) is 0 Å². The number of carbonyl (C=O) groups is 2. The van der Waals surface area contributed by atoms with E-state index in [9.17, 15) is 9.59 Å². The quantitative estimate of drug-likeness (QED) is 0.602. The van der Waals surface area contributed by atoms with Crippen LogP contribution < -0.4 is 5.32 Å². The third-order valence-corrected chi connectivity index (χ3v) is 4.76. The molecule has 0 aromatic heterocycles. The molecule has 5 nitrogen and oxygen atoms in total. The first-order chi connectivity index (χ1) is 13.2. The van der Waals surface area contributed by atoms with Gasteiger partial charge in [-0.05, 0) is 62.5 Å². The molecule has 0 radical (unpaired) electrons. The lowest BCUT2D eigenvalue weighted by Crippen LogP contribution is -2.45. The summed E-state index contributed by atoms with van der Waals surface area (Å²) < 4.78 is 10.5. The lowest BCUT2D eigenvalue weighted by molar-refractivity contribution is -0.146. The Morgan fingerprint density at radius 3 is 1.97 bits per heavy atom. The molecule has 1 aromatic carbocycles. The summed E-state index contributed by atoms with van der Waals surface area (Å²) in [5.41, 5.74) is 1.85. The highest BCUT2D eigenvalue weighted by molar-refractivity contribution is 5.81. The fraction of sp³-hybridized carbons (Fsp3) is 0.667. The van der Waals surface area contributed by atoms with E-state index in [0.29, 0.717) is 6.42 Å². The first-order valence-electron chi connectivity index (χ1n) is 10.5. The van der Waals surface area contributed by atoms with Crippen molar-refractivity contribution in [1.29, 1.82) is 0 Å². The highest BCUT2D eigenvalue weighted by Crippen LogP contribution is 2.31. The van der Waals surface area contributed by atoms with Crippen LogP contribution >= 0.6 is 0 Å². The van der Waals surface area contributed by atoms with Crippen LogP contribution in [0.15, 0.2) is 24.3 Å². The average molecular weight is 406 g/mol. The van der Waals surface area contributed by atoms with E-state index < -0.39 is 23.7 Å². The lowest BCUT2D eigenvalue weighted by Gasteiger charge is -2.28. The van der Waals surface area contributed by atoms with E-state index in [-0.39, 0.29) is 23.9 Å². The van der Waals surface area contributed by atoms with Crippen LogP contribution in [0.4, 0.5) is 4.79 Å². The molecule has 29 heavy (non-hydrogen) atoms. The van der Waals surface area contributed by atoms with E-state index in [4.69, 9.17) is 9.47 Å². The second-order valence-electron chi connectivity index (χ2n) is 9.91. The minimum Gasteiger partial charge on any atom is -0.464 e. The maximum atomic E-state index is 12.5. The number of benzene rings is 1. The number of alkyl carbamates (subject to hydrolysis) is 1. The van der Waals surface area contributed by atoms with Crippen molar-refractivity contribution in [3.8, 4) is 0 Å². The van der Waals surface area contributed by atoms with E-state index in [1.807, 2.05) is 0 Å². The molecule has 0 spiro atoms. The molecule has 0 unspecified atom stereocenters. The maximum Gasteiger partial charge on any atom is 0.408 e. The zero-order valence-electron chi connectivity index (χ0n) is 19.6. The summed E-state index contributed by atoms with van der Waals surface area (Å²) in [7, 11) is 0. The number of hydrogen-bond donors (Lipinski definition) is 1. The Labute approximate surface area is 176 Å². The van der Waals surface area contributed by atoms with Crippen LogP contribution in [0.25, 0.3) is 0 Å². The minimum absolute atomic E-state index is 0.0809. The van der Waals surface area contributed by atoms with Crippen LogP contribution in [0, 0.1) is 5.92 Å². The molecule has 0 aliphatic rings. The second kappa shape index (κ2) is 10.1. The fourth-order valence-electron chi connectivity index (χ4n) is 3.18. The number of esters is 1. The molecule has 0 aliphatic heterocycles. The summed E-state index contributed by atoms with van der Waals surface area (Å²) >= 11 is 0. The topological polar surface area (TPSA) is 64.6 Å². The van der Waals surface area contributed by atoms with Gasteiger partial charge in [-0.2, -0.15) is 0 Å². The van der Waals surface area contributed by atoms with Crippen molar-refractivity contribution in [1.82, 2.24) is 5.32 Å². The SMILES string of the molecule is CCOC(=O)[C@H](C[C@H](c1ccc(C(C)(C)C)cc1)C(C)C)NC(=O)OC(C)(C)C. The van der Waals surface area contributed by atoms with Crippen molar-refractivity contribution in [2.45, 2.75) is 91.7 Å². The first kappa shape index (κ1) is 25.0. The van der Waals surface area contributed by atoms with Crippen LogP contribution in [-0.4, -0.2) is 30.3 Å². The summed E-state index contributed by atoms with van der Waals surface area (Å²) in [4.78, 5) is 24.8. The molecular formula is C24H39NO4. The van der Waals surface area contributed by atoms with Gasteiger partial charge < -0.3 is 14.8 Å². The van der Waals surface area contributed by atoms with E-state index >= 15 is 0 Å². The van der Waals surface area contributed by atoms with Crippen molar-refractivity contribution >= 4 is 12.1 Å². The third-order valence-electron chi connectivity index (χ3n) is 4.76. The molecule has 2 atom stereocenters. The van der Waals surface area contributed by atoms with Gasteiger partial charge >= 0.3 is 12.1 Å². The highest BCUT2D eigenvalue weighted by atomic mass is 16.6. The predicted octanol–water partition coefficient (Wildman–Crippen LogP) is 5.57. The van der Waals surface area contributed by atoms with Crippen LogP contribution in [0.2, 0.25) is 0 Å². The Morgan fingerprint density at radius 1 is 1.00 bits per heavy atom. The van der Waals surface area contributed by atoms with Crippen molar-refractivity contribution < 1.29 is 19.1 Å². The Bertz CT molecular complexity index is 666. The summed E-state index contributed by atoms with van der Waals surface area (Å²) in [6.07, 6.45) is -0.161. The number of carbonyl (C=O) groups excluding carboxylic acids is 2. The minimum atomic E-state index is -0.764. The Morgan fingerprint density at radius 2 is 1.55 bits per heavy atom. The van der Waals surface area contributed by atoms with Gasteiger partial charge in [-0.1, -0.05) is 58.9 Å². The second-order valence-corrected chi connectivity index (χ2v) is 9.91. The van der Waals surface area contributed by atoms with Gasteiger partial charge in [0.2, 0.25) is 0 Å². The first-order valence-corrected chi connectivity index (χ1v) is 10.5. The van der Waals surface area contributed by atoms with Crippen LogP contribution in [0.3, 0.4) is 0 Å². The maximum absolute atomic E-state index is 12.5. The van der Waals surface area contributed by atoms with Gasteiger partial charge in [0.05, 0.1) is 6.61 Å². The van der Waals surface area contributed by atoms with Crippen molar-refractivity contribution in [2.24, 2.45) is 5.92 Å². The average Bonchev–Trinajstić information content (AvgIpc) is 2.56. The molecule has 5 heteroatoms. The van der Waals surface area contributed by atoms with Crippen molar-refractivity contribution in [3.05, 3.63) is 35.4 Å². The van der Waals surface area contributed by atoms with E-state index in [2.05, 4.69) is 64.2 Å². The normalized spacial score (nSPS) is 14.3. The van der Waals surface area contributed by atoms with Crippen molar-refractivity contribution in [3.63, 3.8) is 0 Å². The third kappa shape index (κ3) is 8.46. The smallest absolute Gasteiger partial charge is 0.408 e. The zero-order valence-corrected chi connectivity index (χ0v) is 19.6. The van der Waals surface area contributed by atoms with Crippen molar-refractivity contribution in [2.75, 3.05) is 6.61 Å². The molecule has 1 aromatic rings. The van der Waals surface area contributed by atoms with E-state index in [1.54, 1.807) is 27.7 Å². The largest absolute Gasteiger partial charge is 0.464 e. The summed E-state index contributed by atoms with van der Waals surface area (Å²) in [5, 5.41) is 2.71. The van der Waals surface area contributed by atoms with Gasteiger partial charge in [0.15, 0.2) is 0 Å². The Kier molecular flexibility index (Phi) is 8.73. The number of ether oxygens (including phenoxy) is 2. The van der Waals surface area contributed by atoms with E-state index in [0.717, 1.165) is 5.56 Å². The van der Waals surface area contributed by atoms with Crippen LogP contribution in [-0.2, 0) is 19.7 Å². The zero-order chi connectivity index (χ0) is 22.4. The molecule has 0 bridgehead atoms. The molecule has 1 N–H and O–H groups in total. The number of rotatable bonds is 7. The predicted molar refractivity (Wildman–Crippen MR) is 117 cm³/mol. The lowest BCUT2D eigenvalue weighted by atomic mass is 9.81. The number of hydrogen-bond acceptors (Lipinski definition) is 4. The highest BCUT2D eigenvalue weighted by Gasteiger charge is 2.30. The standard InChI is InChI=1S/C24H39NO4/c1-10-28-21(26)20(25-22(27)29-24(7,8)9)15-19(16(2)3)17-11-13-18(14-12-17)23(4,5)6/h11-14,16,19-20H,10,15H2,1-9H3,(H,25,27)/t19-,20-/m0/s1. The molecule has 0 heterocycles. The summed E-state index contributed by atoms with van der Waals surface area (Å²) in [6, 6.07) is 7.78. The van der Waals surface area contributed by atoms with Gasteiger partial charge in [0, 0.05) is 0 Å². The Balaban J connectivity index is 3.07. The number of nitrogens with one attached hydrogen (secondary N) is 1. The molecule has 1 rings (SSSR count). The van der Waals surface area contributed by atoms with Gasteiger partial charge in [0.25, 0.3) is 0 Å². The Hall–Kier alpha value is -2.04. The molecule has 0 aliphatic carbocycles.